The number of sulfone groups is 1. The largest absolute Gasteiger partial charge is 0.457 e. The molecule has 0 saturated carbocycles. The lowest BCUT2D eigenvalue weighted by Gasteiger charge is -2.24. The van der Waals surface area contributed by atoms with Crippen LogP contribution < -0.4 is 9.64 Å². The van der Waals surface area contributed by atoms with Crippen LogP contribution in [-0.2, 0) is 21.1 Å². The molecule has 3 aromatic rings. The Labute approximate surface area is 201 Å². The van der Waals surface area contributed by atoms with Crippen molar-refractivity contribution in [3.63, 3.8) is 0 Å². The SMILES string of the molecule is O=C(Cc1ccc(F)cc1)N=C1S[C@H]2CS(=O)(=O)C[C@H]2N1c1ccc(Oc2ccccc2)cc1. The van der Waals surface area contributed by atoms with Crippen LogP contribution in [0.25, 0.3) is 0 Å². The van der Waals surface area contributed by atoms with E-state index in [1.165, 1.54) is 23.9 Å². The fourth-order valence-electron chi connectivity index (χ4n) is 4.09. The van der Waals surface area contributed by atoms with Crippen LogP contribution >= 0.6 is 11.8 Å². The van der Waals surface area contributed by atoms with Crippen molar-refractivity contribution in [1.29, 1.82) is 0 Å². The first kappa shape index (κ1) is 22.6. The van der Waals surface area contributed by atoms with Gasteiger partial charge in [-0.25, -0.2) is 12.8 Å². The van der Waals surface area contributed by atoms with Gasteiger partial charge in [0.15, 0.2) is 15.0 Å². The monoisotopic (exact) mass is 496 g/mol. The maximum Gasteiger partial charge on any atom is 0.252 e. The van der Waals surface area contributed by atoms with E-state index in [2.05, 4.69) is 4.99 Å². The van der Waals surface area contributed by atoms with Crippen LogP contribution in [0.5, 0.6) is 11.5 Å². The van der Waals surface area contributed by atoms with Gasteiger partial charge >= 0.3 is 0 Å². The Bertz CT molecular complexity index is 1330. The molecule has 6 nitrogen and oxygen atoms in total. The number of carbonyl (C=O) groups is 1. The Kier molecular flexibility index (Phi) is 6.14. The van der Waals surface area contributed by atoms with Crippen molar-refractivity contribution in [3.8, 4) is 11.5 Å². The molecule has 0 aliphatic carbocycles. The zero-order valence-electron chi connectivity index (χ0n) is 18.0. The van der Waals surface area contributed by atoms with Crippen LogP contribution in [0.3, 0.4) is 0 Å². The molecule has 0 bridgehead atoms. The van der Waals surface area contributed by atoms with Gasteiger partial charge in [0.25, 0.3) is 5.91 Å². The van der Waals surface area contributed by atoms with E-state index in [1.807, 2.05) is 59.5 Å². The Morgan fingerprint density at radius 2 is 1.65 bits per heavy atom. The fourth-order valence-corrected chi connectivity index (χ4v) is 8.02. The highest BCUT2D eigenvalue weighted by Crippen LogP contribution is 2.41. The summed E-state index contributed by atoms with van der Waals surface area (Å²) in [5.41, 5.74) is 1.40. The molecule has 2 saturated heterocycles. The number of carbonyl (C=O) groups excluding carboxylic acids is 1. The minimum absolute atomic E-state index is 0.0120. The van der Waals surface area contributed by atoms with Gasteiger partial charge in [-0.1, -0.05) is 42.1 Å². The fraction of sp³-hybridized carbons (Fsp3) is 0.200. The molecule has 2 heterocycles. The second-order valence-corrected chi connectivity index (χ2v) is 11.5. The van der Waals surface area contributed by atoms with Crippen LogP contribution in [0.1, 0.15) is 5.56 Å². The molecule has 5 rings (SSSR count). The highest BCUT2D eigenvalue weighted by atomic mass is 32.2. The molecule has 174 valence electrons. The summed E-state index contributed by atoms with van der Waals surface area (Å²) in [6.07, 6.45) is 0.0374. The number of anilines is 1. The van der Waals surface area contributed by atoms with E-state index >= 15 is 0 Å². The van der Waals surface area contributed by atoms with Crippen molar-refractivity contribution < 1.29 is 22.3 Å². The maximum atomic E-state index is 13.2. The van der Waals surface area contributed by atoms with E-state index in [4.69, 9.17) is 4.74 Å². The number of para-hydroxylation sites is 1. The maximum absolute atomic E-state index is 13.2. The number of hydrogen-bond donors (Lipinski definition) is 0. The van der Waals surface area contributed by atoms with Crippen LogP contribution in [0.15, 0.2) is 83.9 Å². The zero-order chi connectivity index (χ0) is 23.7. The smallest absolute Gasteiger partial charge is 0.252 e. The van der Waals surface area contributed by atoms with Crippen LogP contribution in [0, 0.1) is 5.82 Å². The average molecular weight is 497 g/mol. The number of fused-ring (bicyclic) bond motifs is 1. The molecule has 2 aliphatic heterocycles. The number of benzene rings is 3. The third-order valence-electron chi connectivity index (χ3n) is 5.65. The van der Waals surface area contributed by atoms with Gasteiger partial charge in [0, 0.05) is 10.9 Å². The molecule has 0 unspecified atom stereocenters. The molecule has 9 heteroatoms. The second kappa shape index (κ2) is 9.23. The number of ether oxygens (including phenoxy) is 1. The first-order chi connectivity index (χ1) is 16.4. The number of aliphatic imine (C=N–C) groups is 1. The van der Waals surface area contributed by atoms with Gasteiger partial charge in [-0.3, -0.25) is 4.79 Å². The van der Waals surface area contributed by atoms with Gasteiger partial charge in [0.05, 0.1) is 24.0 Å². The van der Waals surface area contributed by atoms with E-state index in [-0.39, 0.29) is 40.9 Å². The van der Waals surface area contributed by atoms with Gasteiger partial charge in [0.1, 0.15) is 17.3 Å². The summed E-state index contributed by atoms with van der Waals surface area (Å²) >= 11 is 1.32. The van der Waals surface area contributed by atoms with Crippen LogP contribution in [0.4, 0.5) is 10.1 Å². The van der Waals surface area contributed by atoms with E-state index in [0.29, 0.717) is 22.2 Å². The van der Waals surface area contributed by atoms with Crippen molar-refractivity contribution in [1.82, 2.24) is 0 Å². The highest BCUT2D eigenvalue weighted by Gasteiger charge is 2.49. The average Bonchev–Trinajstić information content (AvgIpc) is 3.27. The number of rotatable bonds is 5. The summed E-state index contributed by atoms with van der Waals surface area (Å²) < 4.78 is 43.6. The first-order valence-corrected chi connectivity index (χ1v) is 13.4. The molecule has 1 amide bonds. The summed E-state index contributed by atoms with van der Waals surface area (Å²) in [6, 6.07) is 22.1. The lowest BCUT2D eigenvalue weighted by Crippen LogP contribution is -2.37. The molecule has 0 spiro atoms. The van der Waals surface area contributed by atoms with Crippen molar-refractivity contribution >= 4 is 38.4 Å². The Morgan fingerprint density at radius 1 is 0.971 bits per heavy atom. The summed E-state index contributed by atoms with van der Waals surface area (Å²) in [6.45, 7) is 0. The summed E-state index contributed by atoms with van der Waals surface area (Å²) in [7, 11) is -3.16. The normalized spacial score (nSPS) is 22.0. The molecule has 3 aromatic carbocycles. The summed E-state index contributed by atoms with van der Waals surface area (Å²) in [5, 5.41) is 0.288. The lowest BCUT2D eigenvalue weighted by molar-refractivity contribution is -0.117. The topological polar surface area (TPSA) is 76.0 Å². The van der Waals surface area contributed by atoms with Gasteiger partial charge in [-0.2, -0.15) is 4.99 Å². The van der Waals surface area contributed by atoms with Gasteiger partial charge in [-0.15, -0.1) is 0 Å². The molecule has 0 N–H and O–H groups in total. The number of amidine groups is 1. The van der Waals surface area contributed by atoms with E-state index in [9.17, 15) is 17.6 Å². The minimum atomic E-state index is -3.16. The van der Waals surface area contributed by atoms with E-state index < -0.39 is 9.84 Å². The van der Waals surface area contributed by atoms with Crippen LogP contribution in [-0.4, -0.2) is 42.3 Å². The minimum Gasteiger partial charge on any atom is -0.457 e. The molecular formula is C25H21FN2O4S2. The number of amides is 1. The van der Waals surface area contributed by atoms with Crippen molar-refractivity contribution in [3.05, 3.63) is 90.2 Å². The Balaban J connectivity index is 1.40. The molecule has 34 heavy (non-hydrogen) atoms. The third kappa shape index (κ3) is 5.00. The van der Waals surface area contributed by atoms with Crippen molar-refractivity contribution in [2.75, 3.05) is 16.4 Å². The molecule has 2 fully saturated rings. The standard InChI is InChI=1S/C25H21FN2O4S2/c26-18-8-6-17(7-9-18)14-24(29)27-25-28(22-15-34(30,31)16-23(22)33-25)19-10-12-21(13-11-19)32-20-4-2-1-3-5-20/h1-13,22-23H,14-16H2/t22-,23+/m1/s1. The summed E-state index contributed by atoms with van der Waals surface area (Å²) in [5.74, 6) is 0.683. The number of nitrogens with zero attached hydrogens (tertiary/aromatic N) is 2. The number of hydrogen-bond acceptors (Lipinski definition) is 5. The molecular weight excluding hydrogens is 475 g/mol. The van der Waals surface area contributed by atoms with Gasteiger partial charge < -0.3 is 9.64 Å². The van der Waals surface area contributed by atoms with E-state index in [0.717, 1.165) is 5.69 Å². The van der Waals surface area contributed by atoms with E-state index in [1.54, 1.807) is 12.1 Å². The zero-order valence-corrected chi connectivity index (χ0v) is 19.6. The summed E-state index contributed by atoms with van der Waals surface area (Å²) in [4.78, 5) is 18.8. The molecule has 0 aromatic heterocycles. The van der Waals surface area contributed by atoms with Gasteiger partial charge in [0.2, 0.25) is 0 Å². The Hall–Kier alpha value is -3.17. The third-order valence-corrected chi connectivity index (χ3v) is 8.86. The predicted octanol–water partition coefficient (Wildman–Crippen LogP) is 4.46. The molecule has 0 radical (unpaired) electrons. The Morgan fingerprint density at radius 3 is 2.35 bits per heavy atom. The second-order valence-electron chi connectivity index (χ2n) is 8.17. The van der Waals surface area contributed by atoms with Crippen molar-refractivity contribution in [2.45, 2.75) is 17.7 Å². The molecule has 2 atom stereocenters. The number of halogens is 1. The predicted molar refractivity (Wildman–Crippen MR) is 132 cm³/mol. The van der Waals surface area contributed by atoms with Crippen LogP contribution in [0.2, 0.25) is 0 Å². The highest BCUT2D eigenvalue weighted by molar-refractivity contribution is 8.16. The molecule has 2 aliphatic rings. The van der Waals surface area contributed by atoms with Gasteiger partial charge in [-0.05, 0) is 54.1 Å². The first-order valence-electron chi connectivity index (χ1n) is 10.7. The lowest BCUT2D eigenvalue weighted by atomic mass is 10.1. The quantitative estimate of drug-likeness (QED) is 0.519. The van der Waals surface area contributed by atoms with Crippen molar-refractivity contribution in [2.24, 2.45) is 4.99 Å². The number of thioether (sulfide) groups is 1.